The molecule has 3 rings (SSSR count). The predicted octanol–water partition coefficient (Wildman–Crippen LogP) is 5.36. The van der Waals surface area contributed by atoms with E-state index in [0.717, 1.165) is 24.0 Å². The molecule has 12 nitrogen and oxygen atoms in total. The second kappa shape index (κ2) is 19.5. The fraction of sp³-hybridized carbons (Fsp3) is 0.632. The van der Waals surface area contributed by atoms with E-state index in [0.29, 0.717) is 37.6 Å². The van der Waals surface area contributed by atoms with Crippen molar-refractivity contribution in [1.82, 2.24) is 15.2 Å². The van der Waals surface area contributed by atoms with E-state index in [1.807, 2.05) is 38.1 Å². The van der Waals surface area contributed by atoms with Crippen molar-refractivity contribution in [3.63, 3.8) is 0 Å². The number of hydrogen-bond donors (Lipinski definition) is 2. The van der Waals surface area contributed by atoms with E-state index in [1.54, 1.807) is 51.4 Å². The highest BCUT2D eigenvalue weighted by molar-refractivity contribution is 5.83. The van der Waals surface area contributed by atoms with E-state index < -0.39 is 29.4 Å². The Hall–Kier alpha value is -3.90. The maximum Gasteiger partial charge on any atom is 0.412 e. The first kappa shape index (κ1) is 40.5. The van der Waals surface area contributed by atoms with E-state index in [1.165, 1.54) is 0 Å². The van der Waals surface area contributed by atoms with E-state index in [9.17, 15) is 14.4 Å². The Bertz CT molecular complexity index is 1370. The fourth-order valence-corrected chi connectivity index (χ4v) is 6.00. The average Bonchev–Trinajstić information content (AvgIpc) is 3.48. The van der Waals surface area contributed by atoms with Gasteiger partial charge in [0.25, 0.3) is 0 Å². The molecule has 3 N–H and O–H groups in total. The molecule has 1 aromatic heterocycles. The zero-order valence-corrected chi connectivity index (χ0v) is 31.1. The van der Waals surface area contributed by atoms with Gasteiger partial charge in [-0.15, -0.1) is 0 Å². The summed E-state index contributed by atoms with van der Waals surface area (Å²) in [6.45, 7) is 13.1. The standard InChI is InChI=1S/C38H58N4O8/c1-25(2)29(17-27-12-13-32(47-8)34(18-27)48-16-10-15-46-7)19-31-33(20-30(26(3)4)35(43)41-23-38(5,6)36(39)44)50-24-42(31)37(45)49-22-28-11-9-14-40-21-28/h9,11-14,18,21,25-26,29-31,33H,10,15-17,19-20,22-24H2,1-8H3,(H2,39,44)(H,41,43). The number of benzene rings is 1. The van der Waals surface area contributed by atoms with Crippen LogP contribution in [0.1, 0.15) is 71.9 Å². The lowest BCUT2D eigenvalue weighted by atomic mass is 9.80. The zero-order chi connectivity index (χ0) is 36.8. The normalized spacial score (nSPS) is 17.4. The lowest BCUT2D eigenvalue weighted by Gasteiger charge is -2.33. The summed E-state index contributed by atoms with van der Waals surface area (Å²) in [5.74, 6) is 0.645. The summed E-state index contributed by atoms with van der Waals surface area (Å²) in [4.78, 5) is 44.8. The number of aromatic nitrogens is 1. The summed E-state index contributed by atoms with van der Waals surface area (Å²) in [5, 5.41) is 2.94. The van der Waals surface area contributed by atoms with Gasteiger partial charge >= 0.3 is 6.09 Å². The molecule has 0 radical (unpaired) electrons. The van der Waals surface area contributed by atoms with Crippen molar-refractivity contribution < 1.29 is 38.1 Å². The van der Waals surface area contributed by atoms with Gasteiger partial charge in [0.2, 0.25) is 11.8 Å². The molecule has 3 amide bonds. The molecule has 1 fully saturated rings. The van der Waals surface area contributed by atoms with Gasteiger partial charge in [-0.25, -0.2) is 4.79 Å². The van der Waals surface area contributed by atoms with E-state index in [2.05, 4.69) is 24.1 Å². The van der Waals surface area contributed by atoms with Crippen molar-refractivity contribution in [2.75, 3.05) is 40.7 Å². The quantitative estimate of drug-likeness (QED) is 0.174. The number of hydrogen-bond acceptors (Lipinski definition) is 9. The Balaban J connectivity index is 1.85. The number of amides is 3. The van der Waals surface area contributed by atoms with Gasteiger partial charge in [0.15, 0.2) is 11.5 Å². The second-order valence-electron chi connectivity index (χ2n) is 14.5. The maximum absolute atomic E-state index is 13.6. The highest BCUT2D eigenvalue weighted by Gasteiger charge is 2.43. The van der Waals surface area contributed by atoms with Crippen LogP contribution in [-0.2, 0) is 36.8 Å². The summed E-state index contributed by atoms with van der Waals surface area (Å²) in [5.41, 5.74) is 6.53. The second-order valence-corrected chi connectivity index (χ2v) is 14.5. The number of nitrogens with zero attached hydrogens (tertiary/aromatic N) is 2. The predicted molar refractivity (Wildman–Crippen MR) is 190 cm³/mol. The molecule has 0 saturated carbocycles. The third-order valence-electron chi connectivity index (χ3n) is 9.54. The van der Waals surface area contributed by atoms with Crippen LogP contribution in [-0.4, -0.2) is 80.6 Å². The van der Waals surface area contributed by atoms with Crippen LogP contribution in [0.3, 0.4) is 0 Å². The highest BCUT2D eigenvalue weighted by Crippen LogP contribution is 2.36. The van der Waals surface area contributed by atoms with Gasteiger partial charge in [0, 0.05) is 50.6 Å². The van der Waals surface area contributed by atoms with Crippen LogP contribution in [0.15, 0.2) is 42.7 Å². The van der Waals surface area contributed by atoms with Gasteiger partial charge in [-0.2, -0.15) is 0 Å². The molecule has 2 aromatic rings. The number of ether oxygens (including phenoxy) is 5. The number of nitrogens with two attached hydrogens (primary N) is 1. The summed E-state index contributed by atoms with van der Waals surface area (Å²) in [6.07, 6.45) is 4.95. The van der Waals surface area contributed by atoms with Crippen LogP contribution in [0, 0.1) is 29.1 Å². The van der Waals surface area contributed by atoms with Gasteiger partial charge in [0.05, 0.1) is 31.3 Å². The Morgan fingerprint density at radius 1 is 1.04 bits per heavy atom. The van der Waals surface area contributed by atoms with Crippen molar-refractivity contribution in [3.8, 4) is 11.5 Å². The number of carbonyl (C=O) groups excluding carboxylic acids is 3. The molecule has 1 aliphatic rings. The van der Waals surface area contributed by atoms with Crippen molar-refractivity contribution in [2.24, 2.45) is 34.8 Å². The van der Waals surface area contributed by atoms with Crippen LogP contribution in [0.25, 0.3) is 0 Å². The first-order chi connectivity index (χ1) is 23.8. The number of rotatable bonds is 20. The van der Waals surface area contributed by atoms with Crippen molar-refractivity contribution in [2.45, 2.75) is 86.0 Å². The molecular formula is C38H58N4O8. The Labute approximate surface area is 297 Å². The van der Waals surface area contributed by atoms with Crippen LogP contribution < -0.4 is 20.5 Å². The lowest BCUT2D eigenvalue weighted by Crippen LogP contribution is -2.46. The number of nitrogens with one attached hydrogen (secondary N) is 1. The summed E-state index contributed by atoms with van der Waals surface area (Å²) >= 11 is 0. The number of pyridine rings is 1. The van der Waals surface area contributed by atoms with Gasteiger partial charge in [-0.05, 0) is 74.6 Å². The van der Waals surface area contributed by atoms with Crippen LogP contribution in [0.5, 0.6) is 11.5 Å². The van der Waals surface area contributed by atoms with E-state index in [4.69, 9.17) is 29.4 Å². The first-order valence-corrected chi connectivity index (χ1v) is 17.6. The highest BCUT2D eigenvalue weighted by atomic mass is 16.6. The lowest BCUT2D eigenvalue weighted by molar-refractivity contribution is -0.130. The molecule has 2 heterocycles. The summed E-state index contributed by atoms with van der Waals surface area (Å²) in [6, 6.07) is 9.30. The first-order valence-electron chi connectivity index (χ1n) is 17.6. The third-order valence-corrected chi connectivity index (χ3v) is 9.54. The Kier molecular flexibility index (Phi) is 15.8. The van der Waals surface area contributed by atoms with E-state index in [-0.39, 0.29) is 49.6 Å². The van der Waals surface area contributed by atoms with E-state index >= 15 is 0 Å². The molecule has 50 heavy (non-hydrogen) atoms. The SMILES string of the molecule is COCCCOc1cc(CC(CC2C(CC(C(=O)NCC(C)(C)C(N)=O)C(C)C)OCN2C(=O)OCc2cccnc2)C(C)C)ccc1OC. The third kappa shape index (κ3) is 11.9. The maximum atomic E-state index is 13.6. The number of methoxy groups -OCH3 is 2. The van der Waals surface area contributed by atoms with Gasteiger partial charge in [0.1, 0.15) is 13.3 Å². The monoisotopic (exact) mass is 698 g/mol. The molecule has 278 valence electrons. The van der Waals surface area contributed by atoms with Gasteiger partial charge < -0.3 is 34.7 Å². The minimum absolute atomic E-state index is 0.0231. The number of primary amides is 1. The Morgan fingerprint density at radius 2 is 1.80 bits per heavy atom. The zero-order valence-electron chi connectivity index (χ0n) is 31.1. The Morgan fingerprint density at radius 3 is 2.42 bits per heavy atom. The average molecular weight is 699 g/mol. The van der Waals surface area contributed by atoms with Crippen LogP contribution in [0.4, 0.5) is 4.79 Å². The molecule has 0 aliphatic carbocycles. The fourth-order valence-electron chi connectivity index (χ4n) is 6.00. The molecular weight excluding hydrogens is 640 g/mol. The largest absolute Gasteiger partial charge is 0.493 e. The minimum atomic E-state index is -0.890. The minimum Gasteiger partial charge on any atom is -0.493 e. The summed E-state index contributed by atoms with van der Waals surface area (Å²) < 4.78 is 28.8. The van der Waals surface area contributed by atoms with Crippen molar-refractivity contribution >= 4 is 17.9 Å². The molecule has 4 atom stereocenters. The van der Waals surface area contributed by atoms with Crippen LogP contribution >= 0.6 is 0 Å². The molecule has 0 bridgehead atoms. The molecule has 4 unspecified atom stereocenters. The van der Waals surface area contributed by atoms with Gasteiger partial charge in [-0.1, -0.05) is 39.8 Å². The molecule has 12 heteroatoms. The number of carbonyl (C=O) groups is 3. The van der Waals surface area contributed by atoms with Gasteiger partial charge in [-0.3, -0.25) is 19.5 Å². The molecule has 0 spiro atoms. The molecule has 1 aliphatic heterocycles. The molecule has 1 saturated heterocycles. The van der Waals surface area contributed by atoms with Crippen LogP contribution in [0.2, 0.25) is 0 Å². The smallest absolute Gasteiger partial charge is 0.412 e. The molecule has 1 aromatic carbocycles. The summed E-state index contributed by atoms with van der Waals surface area (Å²) in [7, 11) is 3.29. The topological polar surface area (TPSA) is 152 Å². The van der Waals surface area contributed by atoms with Crippen molar-refractivity contribution in [3.05, 3.63) is 53.9 Å². The van der Waals surface area contributed by atoms with Crippen molar-refractivity contribution in [1.29, 1.82) is 0 Å².